The van der Waals surface area contributed by atoms with Crippen LogP contribution < -0.4 is 11.3 Å². The average Bonchev–Trinajstić information content (AvgIpc) is 3.00. The van der Waals surface area contributed by atoms with Crippen molar-refractivity contribution < 1.29 is 4.74 Å². The summed E-state index contributed by atoms with van der Waals surface area (Å²) in [6.45, 7) is 3.27. The molecule has 3 heteroatoms. The van der Waals surface area contributed by atoms with E-state index in [9.17, 15) is 0 Å². The van der Waals surface area contributed by atoms with Gasteiger partial charge in [-0.3, -0.25) is 11.3 Å². The molecule has 0 aromatic carbocycles. The minimum absolute atomic E-state index is 0.509. The molecule has 0 radical (unpaired) electrons. The standard InChI is InChI=1S/C14H28N2O/c1-2-11-5-6-12(10-11)14(16-15)8-7-13-4-3-9-17-13/h11-14,16H,2-10,15H2,1H3. The molecule has 1 aliphatic carbocycles. The minimum atomic E-state index is 0.509. The number of hydrogen-bond donors (Lipinski definition) is 2. The first-order valence-electron chi connectivity index (χ1n) is 7.41. The van der Waals surface area contributed by atoms with Crippen molar-refractivity contribution in [3.63, 3.8) is 0 Å². The van der Waals surface area contributed by atoms with Crippen LogP contribution in [0.25, 0.3) is 0 Å². The summed E-state index contributed by atoms with van der Waals surface area (Å²) in [5.74, 6) is 7.47. The largest absolute Gasteiger partial charge is 0.378 e. The van der Waals surface area contributed by atoms with Crippen LogP contribution in [-0.4, -0.2) is 18.8 Å². The summed E-state index contributed by atoms with van der Waals surface area (Å²) in [4.78, 5) is 0. The van der Waals surface area contributed by atoms with Gasteiger partial charge in [-0.05, 0) is 50.4 Å². The first kappa shape index (κ1) is 13.3. The minimum Gasteiger partial charge on any atom is -0.378 e. The lowest BCUT2D eigenvalue weighted by atomic mass is 9.92. The quantitative estimate of drug-likeness (QED) is 0.554. The van der Waals surface area contributed by atoms with Crippen molar-refractivity contribution in [3.05, 3.63) is 0 Å². The predicted molar refractivity (Wildman–Crippen MR) is 70.4 cm³/mol. The van der Waals surface area contributed by atoms with Gasteiger partial charge in [-0.1, -0.05) is 19.8 Å². The van der Waals surface area contributed by atoms with Crippen molar-refractivity contribution in [2.75, 3.05) is 6.61 Å². The molecule has 2 aliphatic rings. The highest BCUT2D eigenvalue weighted by Gasteiger charge is 2.30. The van der Waals surface area contributed by atoms with Gasteiger partial charge in [-0.2, -0.15) is 0 Å². The van der Waals surface area contributed by atoms with E-state index in [0.717, 1.165) is 18.4 Å². The lowest BCUT2D eigenvalue weighted by molar-refractivity contribution is 0.0970. The zero-order chi connectivity index (χ0) is 12.1. The van der Waals surface area contributed by atoms with Gasteiger partial charge in [0.2, 0.25) is 0 Å². The number of hydrogen-bond acceptors (Lipinski definition) is 3. The summed E-state index contributed by atoms with van der Waals surface area (Å²) in [5.41, 5.74) is 3.06. The molecular weight excluding hydrogens is 212 g/mol. The van der Waals surface area contributed by atoms with E-state index in [0.29, 0.717) is 12.1 Å². The summed E-state index contributed by atoms with van der Waals surface area (Å²) >= 11 is 0. The van der Waals surface area contributed by atoms with Crippen molar-refractivity contribution >= 4 is 0 Å². The van der Waals surface area contributed by atoms with Crippen LogP contribution in [-0.2, 0) is 4.74 Å². The lowest BCUT2D eigenvalue weighted by Gasteiger charge is -2.24. The van der Waals surface area contributed by atoms with Crippen LogP contribution in [0.5, 0.6) is 0 Å². The molecule has 3 nitrogen and oxygen atoms in total. The second-order valence-corrected chi connectivity index (χ2v) is 5.83. The van der Waals surface area contributed by atoms with Gasteiger partial charge in [-0.15, -0.1) is 0 Å². The Labute approximate surface area is 105 Å². The number of rotatable bonds is 6. The number of hydrazine groups is 1. The third-order valence-electron chi connectivity index (χ3n) is 4.77. The Hall–Kier alpha value is -0.120. The van der Waals surface area contributed by atoms with Gasteiger partial charge in [0.1, 0.15) is 0 Å². The zero-order valence-corrected chi connectivity index (χ0v) is 11.2. The molecule has 0 aromatic heterocycles. The maximum absolute atomic E-state index is 5.73. The Morgan fingerprint density at radius 3 is 2.82 bits per heavy atom. The van der Waals surface area contributed by atoms with Crippen LogP contribution in [0.1, 0.15) is 58.3 Å². The van der Waals surface area contributed by atoms with Gasteiger partial charge in [0, 0.05) is 12.6 Å². The van der Waals surface area contributed by atoms with Gasteiger partial charge in [-0.25, -0.2) is 0 Å². The van der Waals surface area contributed by atoms with E-state index in [2.05, 4.69) is 12.3 Å². The summed E-state index contributed by atoms with van der Waals surface area (Å²) in [6.07, 6.45) is 10.8. The SMILES string of the molecule is CCC1CCC(C(CCC2CCCO2)NN)C1. The van der Waals surface area contributed by atoms with Gasteiger partial charge in [0.25, 0.3) is 0 Å². The Balaban J connectivity index is 1.72. The second kappa shape index (κ2) is 6.72. The van der Waals surface area contributed by atoms with Crippen LogP contribution >= 0.6 is 0 Å². The Bertz CT molecular complexity index is 216. The molecule has 1 saturated carbocycles. The normalized spacial score (nSPS) is 35.3. The fourth-order valence-corrected chi connectivity index (χ4v) is 3.54. The van der Waals surface area contributed by atoms with Gasteiger partial charge in [0.15, 0.2) is 0 Å². The summed E-state index contributed by atoms with van der Waals surface area (Å²) < 4.78 is 5.68. The van der Waals surface area contributed by atoms with Crippen molar-refractivity contribution in [3.8, 4) is 0 Å². The van der Waals surface area contributed by atoms with Gasteiger partial charge in [0.05, 0.1) is 6.10 Å². The zero-order valence-electron chi connectivity index (χ0n) is 11.2. The molecule has 2 rings (SSSR count). The number of nitrogens with one attached hydrogen (secondary N) is 1. The van der Waals surface area contributed by atoms with Crippen LogP contribution in [0.15, 0.2) is 0 Å². The molecule has 0 aromatic rings. The van der Waals surface area contributed by atoms with Crippen molar-refractivity contribution in [2.24, 2.45) is 17.7 Å². The molecule has 4 unspecified atom stereocenters. The third kappa shape index (κ3) is 3.67. The van der Waals surface area contributed by atoms with E-state index in [1.165, 1.54) is 51.4 Å². The Kier molecular flexibility index (Phi) is 5.26. The lowest BCUT2D eigenvalue weighted by Crippen LogP contribution is -2.40. The molecule has 4 atom stereocenters. The highest BCUT2D eigenvalue weighted by Crippen LogP contribution is 2.36. The van der Waals surface area contributed by atoms with E-state index in [1.807, 2.05) is 0 Å². The molecule has 0 spiro atoms. The molecule has 0 bridgehead atoms. The fourth-order valence-electron chi connectivity index (χ4n) is 3.54. The molecule has 0 amide bonds. The van der Waals surface area contributed by atoms with Gasteiger partial charge < -0.3 is 4.74 Å². The molecule has 1 aliphatic heterocycles. The van der Waals surface area contributed by atoms with E-state index in [-0.39, 0.29) is 0 Å². The van der Waals surface area contributed by atoms with Crippen molar-refractivity contribution in [1.29, 1.82) is 0 Å². The van der Waals surface area contributed by atoms with Gasteiger partial charge >= 0.3 is 0 Å². The molecule has 1 heterocycles. The highest BCUT2D eigenvalue weighted by atomic mass is 16.5. The maximum Gasteiger partial charge on any atom is 0.0576 e. The molecule has 2 fully saturated rings. The summed E-state index contributed by atoms with van der Waals surface area (Å²) in [6, 6.07) is 0.510. The van der Waals surface area contributed by atoms with E-state index < -0.39 is 0 Å². The van der Waals surface area contributed by atoms with Crippen molar-refractivity contribution in [1.82, 2.24) is 5.43 Å². The van der Waals surface area contributed by atoms with Crippen LogP contribution in [0.4, 0.5) is 0 Å². The van der Waals surface area contributed by atoms with Crippen LogP contribution in [0, 0.1) is 11.8 Å². The third-order valence-corrected chi connectivity index (χ3v) is 4.77. The predicted octanol–water partition coefficient (Wildman–Crippen LogP) is 2.60. The van der Waals surface area contributed by atoms with Crippen LogP contribution in [0.3, 0.4) is 0 Å². The first-order valence-corrected chi connectivity index (χ1v) is 7.41. The molecule has 3 N–H and O–H groups in total. The molecule has 17 heavy (non-hydrogen) atoms. The maximum atomic E-state index is 5.73. The molecule has 100 valence electrons. The fraction of sp³-hybridized carbons (Fsp3) is 1.00. The van der Waals surface area contributed by atoms with Crippen molar-refractivity contribution in [2.45, 2.75) is 70.4 Å². The van der Waals surface area contributed by atoms with E-state index >= 15 is 0 Å². The first-order chi connectivity index (χ1) is 8.33. The smallest absolute Gasteiger partial charge is 0.0576 e. The Morgan fingerprint density at radius 2 is 2.24 bits per heavy atom. The van der Waals surface area contributed by atoms with E-state index in [4.69, 9.17) is 10.6 Å². The summed E-state index contributed by atoms with van der Waals surface area (Å²) in [5, 5.41) is 0. The monoisotopic (exact) mass is 240 g/mol. The highest BCUT2D eigenvalue weighted by molar-refractivity contribution is 4.84. The Morgan fingerprint density at radius 1 is 1.35 bits per heavy atom. The number of nitrogens with two attached hydrogens (primary N) is 1. The topological polar surface area (TPSA) is 47.3 Å². The second-order valence-electron chi connectivity index (χ2n) is 5.83. The van der Waals surface area contributed by atoms with Crippen LogP contribution in [0.2, 0.25) is 0 Å². The molecular formula is C14H28N2O. The number of ether oxygens (including phenoxy) is 1. The average molecular weight is 240 g/mol. The molecule has 1 saturated heterocycles. The van der Waals surface area contributed by atoms with E-state index in [1.54, 1.807) is 0 Å². The summed E-state index contributed by atoms with van der Waals surface area (Å²) in [7, 11) is 0.